The Morgan fingerprint density at radius 1 is 1.04 bits per heavy atom. The van der Waals surface area contributed by atoms with Crippen molar-refractivity contribution < 1.29 is 29.3 Å². The molecule has 23 heavy (non-hydrogen) atoms. The molecule has 0 amide bonds. The van der Waals surface area contributed by atoms with E-state index in [1.165, 1.54) is 5.56 Å². The Morgan fingerprint density at radius 3 is 2.17 bits per heavy atom. The van der Waals surface area contributed by atoms with Crippen molar-refractivity contribution in [2.45, 2.75) is 6.92 Å². The van der Waals surface area contributed by atoms with Gasteiger partial charge < -0.3 is 30.7 Å². The number of benzene rings is 1. The van der Waals surface area contributed by atoms with Gasteiger partial charge in [0.1, 0.15) is 12.4 Å². The molecule has 0 saturated carbocycles. The highest BCUT2D eigenvalue weighted by atomic mass is 16.5. The van der Waals surface area contributed by atoms with E-state index < -0.39 is 11.9 Å². The van der Waals surface area contributed by atoms with Crippen molar-refractivity contribution in [3.8, 4) is 5.75 Å². The van der Waals surface area contributed by atoms with Crippen molar-refractivity contribution in [3.63, 3.8) is 0 Å². The van der Waals surface area contributed by atoms with Crippen molar-refractivity contribution in [2.24, 2.45) is 5.73 Å². The van der Waals surface area contributed by atoms with Crippen LogP contribution in [0.1, 0.15) is 5.56 Å². The van der Waals surface area contributed by atoms with Crippen molar-refractivity contribution >= 4 is 11.9 Å². The number of nitrogens with one attached hydrogen (secondary N) is 1. The summed E-state index contributed by atoms with van der Waals surface area (Å²) in [4.78, 5) is 18.2. The van der Waals surface area contributed by atoms with E-state index in [1.807, 2.05) is 24.3 Å². The lowest BCUT2D eigenvalue weighted by Crippen LogP contribution is -2.26. The van der Waals surface area contributed by atoms with E-state index in [2.05, 4.69) is 12.2 Å². The summed E-state index contributed by atoms with van der Waals surface area (Å²) in [6, 6.07) is 8.01. The van der Waals surface area contributed by atoms with E-state index in [0.29, 0.717) is 26.4 Å². The maximum absolute atomic E-state index is 9.10. The first-order valence-corrected chi connectivity index (χ1v) is 7.11. The smallest absolute Gasteiger partial charge is 0.414 e. The molecule has 5 N–H and O–H groups in total. The van der Waals surface area contributed by atoms with Gasteiger partial charge >= 0.3 is 11.9 Å². The second kappa shape index (κ2) is 13.5. The molecule has 0 aliphatic heterocycles. The highest BCUT2D eigenvalue weighted by Gasteiger charge is 2.04. The summed E-state index contributed by atoms with van der Waals surface area (Å²) in [6.07, 6.45) is 0. The van der Waals surface area contributed by atoms with Crippen molar-refractivity contribution in [1.82, 2.24) is 5.32 Å². The molecule has 0 aliphatic rings. The minimum atomic E-state index is -1.82. The van der Waals surface area contributed by atoms with Crippen molar-refractivity contribution in [2.75, 3.05) is 39.5 Å². The van der Waals surface area contributed by atoms with E-state index in [4.69, 9.17) is 35.0 Å². The van der Waals surface area contributed by atoms with Crippen molar-refractivity contribution in [3.05, 3.63) is 29.8 Å². The molecular formula is C15H24N2O6. The fourth-order valence-corrected chi connectivity index (χ4v) is 1.33. The van der Waals surface area contributed by atoms with Gasteiger partial charge in [-0.05, 0) is 19.1 Å². The fraction of sp³-hybridized carbons (Fsp3) is 0.467. The van der Waals surface area contributed by atoms with E-state index in [9.17, 15) is 0 Å². The molecule has 1 aromatic rings. The van der Waals surface area contributed by atoms with Gasteiger partial charge in [0.25, 0.3) is 0 Å². The van der Waals surface area contributed by atoms with Crippen LogP contribution in [0.15, 0.2) is 24.3 Å². The van der Waals surface area contributed by atoms with E-state index in [0.717, 1.165) is 18.8 Å². The van der Waals surface area contributed by atoms with Crippen LogP contribution in [-0.2, 0) is 14.3 Å². The van der Waals surface area contributed by atoms with Crippen LogP contribution in [-0.4, -0.2) is 61.6 Å². The molecule has 0 unspecified atom stereocenters. The number of nitrogens with two attached hydrogens (primary N) is 1. The van der Waals surface area contributed by atoms with Gasteiger partial charge in [-0.25, -0.2) is 9.59 Å². The first-order chi connectivity index (χ1) is 11.0. The van der Waals surface area contributed by atoms with Gasteiger partial charge in [0.15, 0.2) is 0 Å². The SMILES string of the molecule is Cc1ccc(OCCOCCNCCN)cc1.O=C(O)C(=O)O. The minimum absolute atomic E-state index is 0.583. The Morgan fingerprint density at radius 2 is 1.65 bits per heavy atom. The number of carboxylic acids is 2. The predicted octanol–water partition coefficient (Wildman–Crippen LogP) is 0.0943. The molecule has 0 bridgehead atoms. The summed E-state index contributed by atoms with van der Waals surface area (Å²) < 4.78 is 10.9. The van der Waals surface area contributed by atoms with Crippen LogP contribution in [0.3, 0.4) is 0 Å². The summed E-state index contributed by atoms with van der Waals surface area (Å²) in [5.41, 5.74) is 6.58. The lowest BCUT2D eigenvalue weighted by molar-refractivity contribution is -0.159. The fourth-order valence-electron chi connectivity index (χ4n) is 1.33. The molecule has 0 fully saturated rings. The van der Waals surface area contributed by atoms with Gasteiger partial charge in [0.2, 0.25) is 0 Å². The molecule has 1 rings (SSSR count). The average molecular weight is 328 g/mol. The summed E-state index contributed by atoms with van der Waals surface area (Å²) in [6.45, 7) is 6.28. The Kier molecular flexibility index (Phi) is 12.2. The Bertz CT molecular complexity index is 438. The topological polar surface area (TPSA) is 131 Å². The molecule has 0 heterocycles. The van der Waals surface area contributed by atoms with E-state index >= 15 is 0 Å². The van der Waals surface area contributed by atoms with Crippen LogP contribution in [0.25, 0.3) is 0 Å². The van der Waals surface area contributed by atoms with Crippen LogP contribution < -0.4 is 15.8 Å². The maximum atomic E-state index is 9.10. The van der Waals surface area contributed by atoms with Gasteiger partial charge in [0, 0.05) is 19.6 Å². The highest BCUT2D eigenvalue weighted by molar-refractivity contribution is 6.27. The second-order valence-electron chi connectivity index (χ2n) is 4.42. The van der Waals surface area contributed by atoms with E-state index in [1.54, 1.807) is 0 Å². The molecule has 0 aromatic heterocycles. The first kappa shape index (κ1) is 20.8. The van der Waals surface area contributed by atoms with Gasteiger partial charge in [-0.1, -0.05) is 17.7 Å². The monoisotopic (exact) mass is 328 g/mol. The summed E-state index contributed by atoms with van der Waals surface area (Å²) in [5.74, 6) is -2.76. The van der Waals surface area contributed by atoms with Gasteiger partial charge in [-0.2, -0.15) is 0 Å². The quantitative estimate of drug-likeness (QED) is 0.371. The van der Waals surface area contributed by atoms with Crippen LogP contribution in [0.4, 0.5) is 0 Å². The third-order valence-corrected chi connectivity index (χ3v) is 2.44. The number of aryl methyl sites for hydroxylation is 1. The third-order valence-electron chi connectivity index (χ3n) is 2.44. The number of ether oxygens (including phenoxy) is 2. The molecule has 8 heteroatoms. The molecule has 0 spiro atoms. The zero-order valence-electron chi connectivity index (χ0n) is 13.2. The van der Waals surface area contributed by atoms with Gasteiger partial charge in [0.05, 0.1) is 13.2 Å². The average Bonchev–Trinajstić information content (AvgIpc) is 2.52. The first-order valence-electron chi connectivity index (χ1n) is 7.11. The molecule has 0 radical (unpaired) electrons. The molecule has 0 atom stereocenters. The van der Waals surface area contributed by atoms with Gasteiger partial charge in [-0.3, -0.25) is 0 Å². The molecule has 130 valence electrons. The Hall–Kier alpha value is -2.16. The van der Waals surface area contributed by atoms with Crippen LogP contribution >= 0.6 is 0 Å². The normalized spacial score (nSPS) is 9.65. The lowest BCUT2D eigenvalue weighted by Gasteiger charge is -2.07. The molecule has 1 aromatic carbocycles. The minimum Gasteiger partial charge on any atom is -0.491 e. The maximum Gasteiger partial charge on any atom is 0.414 e. The molecule has 0 saturated heterocycles. The zero-order valence-corrected chi connectivity index (χ0v) is 13.2. The molecular weight excluding hydrogens is 304 g/mol. The summed E-state index contributed by atoms with van der Waals surface area (Å²) >= 11 is 0. The van der Waals surface area contributed by atoms with Crippen molar-refractivity contribution in [1.29, 1.82) is 0 Å². The van der Waals surface area contributed by atoms with E-state index in [-0.39, 0.29) is 0 Å². The lowest BCUT2D eigenvalue weighted by atomic mass is 10.2. The Balaban J connectivity index is 0.000000688. The highest BCUT2D eigenvalue weighted by Crippen LogP contribution is 2.10. The number of hydrogen-bond donors (Lipinski definition) is 4. The summed E-state index contributed by atoms with van der Waals surface area (Å²) in [5, 5.41) is 17.9. The van der Waals surface area contributed by atoms with Crippen LogP contribution in [0.2, 0.25) is 0 Å². The molecule has 0 aliphatic carbocycles. The number of aliphatic carboxylic acids is 2. The van der Waals surface area contributed by atoms with Crippen LogP contribution in [0, 0.1) is 6.92 Å². The largest absolute Gasteiger partial charge is 0.491 e. The van der Waals surface area contributed by atoms with Gasteiger partial charge in [-0.15, -0.1) is 0 Å². The summed E-state index contributed by atoms with van der Waals surface area (Å²) in [7, 11) is 0. The second-order valence-corrected chi connectivity index (χ2v) is 4.42. The number of carboxylic acid groups (broad SMARTS) is 2. The van der Waals surface area contributed by atoms with Crippen LogP contribution in [0.5, 0.6) is 5.75 Å². The number of rotatable bonds is 9. The standard InChI is InChI=1S/C13H22N2O2.C2H2O4/c1-12-2-4-13(5-3-12)17-11-10-16-9-8-15-7-6-14;3-1(4)2(5)6/h2-5,15H,6-11,14H2,1H3;(H,3,4)(H,5,6). The Labute approximate surface area is 135 Å². The number of carbonyl (C=O) groups is 2. The number of hydrogen-bond acceptors (Lipinski definition) is 6. The zero-order chi connectivity index (χ0) is 17.5. The third kappa shape index (κ3) is 13.2. The molecule has 8 nitrogen and oxygen atoms in total. The predicted molar refractivity (Wildman–Crippen MR) is 84.7 cm³/mol.